The third-order valence-corrected chi connectivity index (χ3v) is 6.08. The van der Waals surface area contributed by atoms with Crippen LogP contribution in [0.15, 0.2) is 45.8 Å². The second kappa shape index (κ2) is 9.54. The first-order chi connectivity index (χ1) is 12.7. The van der Waals surface area contributed by atoms with Crippen LogP contribution in [0.5, 0.6) is 5.75 Å². The molecule has 2 aromatic carbocycles. The van der Waals surface area contributed by atoms with Crippen LogP contribution >= 0.6 is 27.5 Å². The van der Waals surface area contributed by atoms with Gasteiger partial charge in [0.1, 0.15) is 5.75 Å². The van der Waals surface area contributed by atoms with Gasteiger partial charge >= 0.3 is 0 Å². The lowest BCUT2D eigenvalue weighted by molar-refractivity contribution is -0.123. The quantitative estimate of drug-likeness (QED) is 0.574. The fraction of sp³-hybridized carbons (Fsp3) is 0.278. The summed E-state index contributed by atoms with van der Waals surface area (Å²) in [5.41, 5.74) is 1.53. The molecule has 1 amide bonds. The Morgan fingerprint density at radius 2 is 1.89 bits per heavy atom. The summed E-state index contributed by atoms with van der Waals surface area (Å²) in [6.45, 7) is 3.60. The predicted molar refractivity (Wildman–Crippen MR) is 109 cm³/mol. The summed E-state index contributed by atoms with van der Waals surface area (Å²) in [4.78, 5) is 12.1. The molecular formula is C18H20BrClN2O4S. The van der Waals surface area contributed by atoms with E-state index >= 15 is 0 Å². The highest BCUT2D eigenvalue weighted by Crippen LogP contribution is 2.27. The summed E-state index contributed by atoms with van der Waals surface area (Å²) >= 11 is 9.14. The van der Waals surface area contributed by atoms with E-state index in [-0.39, 0.29) is 30.5 Å². The molecule has 0 aliphatic heterocycles. The van der Waals surface area contributed by atoms with Gasteiger partial charge in [-0.25, -0.2) is 13.1 Å². The Labute approximate surface area is 172 Å². The van der Waals surface area contributed by atoms with Crippen molar-refractivity contribution in [1.82, 2.24) is 10.0 Å². The minimum Gasteiger partial charge on any atom is -0.483 e. The molecule has 0 saturated heterocycles. The lowest BCUT2D eigenvalue weighted by atomic mass is 10.2. The van der Waals surface area contributed by atoms with Gasteiger partial charge in [0, 0.05) is 18.1 Å². The van der Waals surface area contributed by atoms with Gasteiger partial charge < -0.3 is 10.1 Å². The zero-order valence-corrected chi connectivity index (χ0v) is 18.0. The van der Waals surface area contributed by atoms with Crippen LogP contribution in [0, 0.1) is 13.8 Å². The molecule has 0 heterocycles. The Hall–Kier alpha value is -1.61. The number of aryl methyl sites for hydroxylation is 2. The average molecular weight is 476 g/mol. The normalized spacial score (nSPS) is 11.3. The van der Waals surface area contributed by atoms with Crippen molar-refractivity contribution in [1.29, 1.82) is 0 Å². The molecule has 2 rings (SSSR count). The third kappa shape index (κ3) is 6.49. The number of ether oxygens (including phenoxy) is 1. The lowest BCUT2D eigenvalue weighted by Crippen LogP contribution is -2.37. The van der Waals surface area contributed by atoms with E-state index < -0.39 is 10.0 Å². The van der Waals surface area contributed by atoms with E-state index in [1.54, 1.807) is 37.3 Å². The largest absolute Gasteiger partial charge is 0.483 e. The fourth-order valence-electron chi connectivity index (χ4n) is 2.25. The van der Waals surface area contributed by atoms with E-state index in [9.17, 15) is 13.2 Å². The number of hydrogen-bond donors (Lipinski definition) is 2. The number of amides is 1. The van der Waals surface area contributed by atoms with Crippen molar-refractivity contribution in [3.8, 4) is 5.75 Å². The highest BCUT2D eigenvalue weighted by Gasteiger charge is 2.16. The van der Waals surface area contributed by atoms with Gasteiger partial charge in [-0.15, -0.1) is 0 Å². The van der Waals surface area contributed by atoms with Crippen molar-refractivity contribution in [2.24, 2.45) is 0 Å². The third-order valence-electron chi connectivity index (χ3n) is 3.63. The van der Waals surface area contributed by atoms with Crippen molar-refractivity contribution >= 4 is 43.5 Å². The lowest BCUT2D eigenvalue weighted by Gasteiger charge is -2.11. The molecule has 9 heteroatoms. The molecule has 0 aromatic heterocycles. The van der Waals surface area contributed by atoms with Gasteiger partial charge in [0.15, 0.2) is 6.61 Å². The molecule has 0 atom stereocenters. The molecule has 0 radical (unpaired) electrons. The second-order valence-electron chi connectivity index (χ2n) is 5.88. The van der Waals surface area contributed by atoms with Crippen molar-refractivity contribution in [3.63, 3.8) is 0 Å². The molecule has 146 valence electrons. The molecule has 0 saturated carbocycles. The van der Waals surface area contributed by atoms with E-state index in [0.29, 0.717) is 20.8 Å². The zero-order chi connectivity index (χ0) is 20.0. The number of carbonyl (C=O) groups is 1. The number of sulfonamides is 1. The molecular weight excluding hydrogens is 456 g/mol. The summed E-state index contributed by atoms with van der Waals surface area (Å²) in [5, 5.41) is 3.15. The van der Waals surface area contributed by atoms with E-state index in [2.05, 4.69) is 26.0 Å². The summed E-state index contributed by atoms with van der Waals surface area (Å²) in [5.74, 6) is 0.132. The average Bonchev–Trinajstić information content (AvgIpc) is 2.60. The number of carbonyl (C=O) groups excluding carboxylic acids is 1. The molecule has 0 unspecified atom stereocenters. The predicted octanol–water partition coefficient (Wildman–Crippen LogP) is 3.19. The highest BCUT2D eigenvalue weighted by atomic mass is 79.9. The van der Waals surface area contributed by atoms with Gasteiger partial charge in [-0.05, 0) is 65.2 Å². The van der Waals surface area contributed by atoms with Crippen molar-refractivity contribution in [3.05, 3.63) is 57.0 Å². The summed E-state index contributed by atoms with van der Waals surface area (Å²) < 4.78 is 33.2. The molecule has 27 heavy (non-hydrogen) atoms. The molecule has 0 bridgehead atoms. The zero-order valence-electron chi connectivity index (χ0n) is 14.9. The number of benzene rings is 2. The first-order valence-electron chi connectivity index (χ1n) is 8.10. The van der Waals surface area contributed by atoms with Crippen LogP contribution in [-0.2, 0) is 14.8 Å². The topological polar surface area (TPSA) is 84.5 Å². The maximum absolute atomic E-state index is 12.4. The van der Waals surface area contributed by atoms with E-state index in [1.165, 1.54) is 0 Å². The Morgan fingerprint density at radius 3 is 2.59 bits per heavy atom. The minimum atomic E-state index is -3.63. The van der Waals surface area contributed by atoms with Crippen LogP contribution in [0.3, 0.4) is 0 Å². The molecule has 6 nitrogen and oxygen atoms in total. The van der Waals surface area contributed by atoms with Gasteiger partial charge in [-0.2, -0.15) is 0 Å². The maximum Gasteiger partial charge on any atom is 0.257 e. The van der Waals surface area contributed by atoms with Crippen LogP contribution in [0.4, 0.5) is 0 Å². The van der Waals surface area contributed by atoms with Crippen LogP contribution < -0.4 is 14.8 Å². The van der Waals surface area contributed by atoms with Crippen molar-refractivity contribution < 1.29 is 17.9 Å². The molecule has 2 N–H and O–H groups in total. The number of hydrogen-bond acceptors (Lipinski definition) is 4. The highest BCUT2D eigenvalue weighted by molar-refractivity contribution is 9.10. The minimum absolute atomic E-state index is 0.0755. The van der Waals surface area contributed by atoms with E-state index in [0.717, 1.165) is 5.56 Å². The first kappa shape index (κ1) is 21.7. The van der Waals surface area contributed by atoms with Crippen LogP contribution in [-0.4, -0.2) is 34.0 Å². The van der Waals surface area contributed by atoms with Crippen LogP contribution in [0.25, 0.3) is 0 Å². The summed E-state index contributed by atoms with van der Waals surface area (Å²) in [6.07, 6.45) is 0. The fourth-order valence-corrected chi connectivity index (χ4v) is 4.40. The molecule has 0 aliphatic rings. The standard InChI is InChI=1S/C18H20BrClN2O4S/c1-12-3-4-13(2)17(9-12)27(24,25)22-8-7-21-18(23)11-26-16-6-5-14(20)10-15(16)19/h3-6,9-10,22H,7-8,11H2,1-2H3,(H,21,23). The molecule has 0 spiro atoms. The number of rotatable bonds is 8. The smallest absolute Gasteiger partial charge is 0.257 e. The molecule has 0 aliphatic carbocycles. The monoisotopic (exact) mass is 474 g/mol. The SMILES string of the molecule is Cc1ccc(C)c(S(=O)(=O)NCCNC(=O)COc2ccc(Cl)cc2Br)c1. The Bertz CT molecular complexity index is 935. The molecule has 2 aromatic rings. The van der Waals surface area contributed by atoms with Gasteiger partial charge in [0.25, 0.3) is 5.91 Å². The summed E-state index contributed by atoms with van der Waals surface area (Å²) in [7, 11) is -3.63. The first-order valence-corrected chi connectivity index (χ1v) is 10.8. The van der Waals surface area contributed by atoms with E-state index in [1.807, 2.05) is 13.0 Å². The summed E-state index contributed by atoms with van der Waals surface area (Å²) in [6, 6.07) is 10.2. The Kier molecular flexibility index (Phi) is 7.67. The van der Waals surface area contributed by atoms with E-state index in [4.69, 9.17) is 16.3 Å². The van der Waals surface area contributed by atoms with Crippen LogP contribution in [0.1, 0.15) is 11.1 Å². The maximum atomic E-state index is 12.4. The van der Waals surface area contributed by atoms with Crippen LogP contribution in [0.2, 0.25) is 5.02 Å². The number of halogens is 2. The van der Waals surface area contributed by atoms with Crippen molar-refractivity contribution in [2.75, 3.05) is 19.7 Å². The van der Waals surface area contributed by atoms with Crippen molar-refractivity contribution in [2.45, 2.75) is 18.7 Å². The van der Waals surface area contributed by atoms with Gasteiger partial charge in [0.05, 0.1) is 9.37 Å². The Morgan fingerprint density at radius 1 is 1.15 bits per heavy atom. The molecule has 0 fully saturated rings. The van der Waals surface area contributed by atoms with Gasteiger partial charge in [-0.3, -0.25) is 4.79 Å². The van der Waals surface area contributed by atoms with Gasteiger partial charge in [0.2, 0.25) is 10.0 Å². The van der Waals surface area contributed by atoms with Gasteiger partial charge in [-0.1, -0.05) is 23.7 Å². The second-order valence-corrected chi connectivity index (χ2v) is 8.91. The number of nitrogens with one attached hydrogen (secondary N) is 2. The Balaban J connectivity index is 1.78.